The topological polar surface area (TPSA) is 91.7 Å². The lowest BCUT2D eigenvalue weighted by Crippen LogP contribution is -2.49. The minimum atomic E-state index is -1.23. The lowest BCUT2D eigenvalue weighted by Gasteiger charge is -2.31. The molecular formula is C24H24FN3O4S. The van der Waals surface area contributed by atoms with E-state index in [1.54, 1.807) is 35.7 Å². The van der Waals surface area contributed by atoms with Crippen molar-refractivity contribution < 1.29 is 23.2 Å². The number of halogens is 1. The molecule has 3 amide bonds. The van der Waals surface area contributed by atoms with E-state index >= 15 is 0 Å². The highest BCUT2D eigenvalue weighted by atomic mass is 32.1. The second-order valence-corrected chi connectivity index (χ2v) is 8.73. The SMILES string of the molecule is O=C(NCC(=O)N(c1ccccc1F)C(C(=O)NC1CCCC1)c1ccco1)c1cccs1. The quantitative estimate of drug-likeness (QED) is 0.521. The van der Waals surface area contributed by atoms with Crippen molar-refractivity contribution in [2.45, 2.75) is 37.8 Å². The fourth-order valence-electron chi connectivity index (χ4n) is 3.97. The second kappa shape index (κ2) is 10.4. The monoisotopic (exact) mass is 469 g/mol. The fraction of sp³-hybridized carbons (Fsp3) is 0.292. The van der Waals surface area contributed by atoms with E-state index in [9.17, 15) is 18.8 Å². The Balaban J connectivity index is 1.65. The van der Waals surface area contributed by atoms with Crippen molar-refractivity contribution >= 4 is 34.7 Å². The molecule has 1 aliphatic carbocycles. The number of rotatable bonds is 8. The van der Waals surface area contributed by atoms with Gasteiger partial charge in [0.05, 0.1) is 23.4 Å². The molecule has 1 saturated carbocycles. The minimum absolute atomic E-state index is 0.00827. The molecule has 0 aliphatic heterocycles. The molecule has 1 unspecified atom stereocenters. The minimum Gasteiger partial charge on any atom is -0.467 e. The van der Waals surface area contributed by atoms with E-state index in [0.29, 0.717) is 4.88 Å². The zero-order valence-corrected chi connectivity index (χ0v) is 18.6. The van der Waals surface area contributed by atoms with E-state index < -0.39 is 36.1 Å². The van der Waals surface area contributed by atoms with Crippen molar-refractivity contribution in [1.29, 1.82) is 0 Å². The molecule has 1 aromatic carbocycles. The molecule has 1 atom stereocenters. The van der Waals surface area contributed by atoms with Gasteiger partial charge in [-0.3, -0.25) is 19.3 Å². The first-order valence-corrected chi connectivity index (χ1v) is 11.6. The van der Waals surface area contributed by atoms with Crippen LogP contribution >= 0.6 is 11.3 Å². The summed E-state index contributed by atoms with van der Waals surface area (Å²) in [5.74, 6) is -1.99. The smallest absolute Gasteiger partial charge is 0.261 e. The first-order chi connectivity index (χ1) is 16.0. The fourth-order valence-corrected chi connectivity index (χ4v) is 4.61. The van der Waals surface area contributed by atoms with Crippen LogP contribution in [0.25, 0.3) is 0 Å². The van der Waals surface area contributed by atoms with Gasteiger partial charge in [0.2, 0.25) is 5.91 Å². The van der Waals surface area contributed by atoms with Crippen molar-refractivity contribution in [3.8, 4) is 0 Å². The third-order valence-electron chi connectivity index (χ3n) is 5.55. The van der Waals surface area contributed by atoms with Crippen LogP contribution in [0, 0.1) is 5.82 Å². The van der Waals surface area contributed by atoms with Crippen LogP contribution in [-0.4, -0.2) is 30.3 Å². The number of anilines is 1. The molecule has 7 nitrogen and oxygen atoms in total. The third kappa shape index (κ3) is 5.31. The Morgan fingerprint density at radius 1 is 1.09 bits per heavy atom. The average molecular weight is 470 g/mol. The lowest BCUT2D eigenvalue weighted by atomic mass is 10.1. The van der Waals surface area contributed by atoms with Gasteiger partial charge < -0.3 is 15.1 Å². The Labute approximate surface area is 194 Å². The number of hydrogen-bond donors (Lipinski definition) is 2. The van der Waals surface area contributed by atoms with E-state index in [4.69, 9.17) is 4.42 Å². The zero-order chi connectivity index (χ0) is 23.2. The standard InChI is InChI=1S/C24H24FN3O4S/c25-17-9-3-4-10-18(17)28(21(29)15-26-23(30)20-12-6-14-33-20)22(19-11-5-13-32-19)24(31)27-16-7-1-2-8-16/h3-6,9-14,16,22H,1-2,7-8,15H2,(H,26,30)(H,27,31). The summed E-state index contributed by atoms with van der Waals surface area (Å²) < 4.78 is 20.3. The Morgan fingerprint density at radius 3 is 2.55 bits per heavy atom. The predicted molar refractivity (Wildman–Crippen MR) is 122 cm³/mol. The summed E-state index contributed by atoms with van der Waals surface area (Å²) in [5.41, 5.74) is -0.0733. The Morgan fingerprint density at radius 2 is 1.88 bits per heavy atom. The van der Waals surface area contributed by atoms with Crippen LogP contribution in [0.15, 0.2) is 64.6 Å². The summed E-state index contributed by atoms with van der Waals surface area (Å²) in [7, 11) is 0. The molecule has 2 aromatic heterocycles. The van der Waals surface area contributed by atoms with Gasteiger partial charge in [0, 0.05) is 6.04 Å². The van der Waals surface area contributed by atoms with Crippen LogP contribution in [0.4, 0.5) is 10.1 Å². The number of nitrogens with zero attached hydrogens (tertiary/aromatic N) is 1. The molecule has 0 saturated heterocycles. The predicted octanol–water partition coefficient (Wildman–Crippen LogP) is 4.04. The molecule has 2 N–H and O–H groups in total. The first kappa shape index (κ1) is 22.7. The highest BCUT2D eigenvalue weighted by molar-refractivity contribution is 7.12. The van der Waals surface area contributed by atoms with Gasteiger partial charge in [-0.15, -0.1) is 11.3 Å². The van der Waals surface area contributed by atoms with Crippen LogP contribution in [0.2, 0.25) is 0 Å². The van der Waals surface area contributed by atoms with Crippen LogP contribution in [0.5, 0.6) is 0 Å². The molecule has 0 radical (unpaired) electrons. The maximum atomic E-state index is 14.9. The maximum absolute atomic E-state index is 14.9. The largest absolute Gasteiger partial charge is 0.467 e. The lowest BCUT2D eigenvalue weighted by molar-refractivity contribution is -0.127. The highest BCUT2D eigenvalue weighted by Crippen LogP contribution is 2.31. The van der Waals surface area contributed by atoms with Gasteiger partial charge in [-0.2, -0.15) is 0 Å². The van der Waals surface area contributed by atoms with Crippen molar-refractivity contribution in [2.24, 2.45) is 0 Å². The number of thiophene rings is 1. The Hall–Kier alpha value is -3.46. The van der Waals surface area contributed by atoms with Crippen LogP contribution in [-0.2, 0) is 9.59 Å². The van der Waals surface area contributed by atoms with Crippen LogP contribution in [0.3, 0.4) is 0 Å². The number of furan rings is 1. The number of hydrogen-bond acceptors (Lipinski definition) is 5. The summed E-state index contributed by atoms with van der Waals surface area (Å²) in [5, 5.41) is 7.29. The van der Waals surface area contributed by atoms with Gasteiger partial charge in [-0.1, -0.05) is 31.0 Å². The van der Waals surface area contributed by atoms with Gasteiger partial charge in [-0.25, -0.2) is 4.39 Å². The summed E-state index contributed by atoms with van der Waals surface area (Å²) in [6, 6.07) is 11.0. The van der Waals surface area contributed by atoms with Crippen molar-refractivity contribution in [1.82, 2.24) is 10.6 Å². The molecule has 0 bridgehead atoms. The molecule has 0 spiro atoms. The maximum Gasteiger partial charge on any atom is 0.261 e. The summed E-state index contributed by atoms with van der Waals surface area (Å²) in [6.45, 7) is -0.418. The number of carbonyl (C=O) groups excluding carboxylic acids is 3. The van der Waals surface area contributed by atoms with Crippen molar-refractivity contribution in [3.05, 3.63) is 76.6 Å². The molecule has 3 aromatic rings. The van der Waals surface area contributed by atoms with E-state index in [-0.39, 0.29) is 17.5 Å². The van der Waals surface area contributed by atoms with Gasteiger partial charge in [0.1, 0.15) is 11.6 Å². The molecule has 33 heavy (non-hydrogen) atoms. The van der Waals surface area contributed by atoms with Crippen LogP contribution in [0.1, 0.15) is 47.2 Å². The molecule has 9 heteroatoms. The van der Waals surface area contributed by atoms with Crippen molar-refractivity contribution in [3.63, 3.8) is 0 Å². The second-order valence-electron chi connectivity index (χ2n) is 7.78. The van der Waals surface area contributed by atoms with Gasteiger partial charge in [-0.05, 0) is 48.6 Å². The van der Waals surface area contributed by atoms with Crippen LogP contribution < -0.4 is 15.5 Å². The number of amides is 3. The Bertz CT molecular complexity index is 1090. The number of benzene rings is 1. The van der Waals surface area contributed by atoms with E-state index in [1.165, 1.54) is 35.8 Å². The molecule has 1 fully saturated rings. The summed E-state index contributed by atoms with van der Waals surface area (Å²) in [6.07, 6.45) is 5.12. The molecule has 2 heterocycles. The highest BCUT2D eigenvalue weighted by Gasteiger charge is 2.37. The molecular weight excluding hydrogens is 445 g/mol. The number of carbonyl (C=O) groups is 3. The summed E-state index contributed by atoms with van der Waals surface area (Å²) in [4.78, 5) is 40.6. The average Bonchev–Trinajstić information content (AvgIpc) is 3.59. The number of para-hydroxylation sites is 1. The van der Waals surface area contributed by atoms with E-state index in [0.717, 1.165) is 30.6 Å². The van der Waals surface area contributed by atoms with E-state index in [1.807, 2.05) is 0 Å². The molecule has 1 aliphatic rings. The summed E-state index contributed by atoms with van der Waals surface area (Å²) >= 11 is 1.24. The van der Waals surface area contributed by atoms with Gasteiger partial charge in [0.25, 0.3) is 11.8 Å². The number of nitrogens with one attached hydrogen (secondary N) is 2. The van der Waals surface area contributed by atoms with Crippen molar-refractivity contribution in [2.75, 3.05) is 11.4 Å². The molecule has 172 valence electrons. The van der Waals surface area contributed by atoms with Gasteiger partial charge in [0.15, 0.2) is 6.04 Å². The third-order valence-corrected chi connectivity index (χ3v) is 6.42. The normalized spacial score (nSPS) is 14.6. The van der Waals surface area contributed by atoms with E-state index in [2.05, 4.69) is 10.6 Å². The molecule has 4 rings (SSSR count). The zero-order valence-electron chi connectivity index (χ0n) is 17.8. The van der Waals surface area contributed by atoms with Gasteiger partial charge >= 0.3 is 0 Å². The Kier molecular flexibility index (Phi) is 7.19. The first-order valence-electron chi connectivity index (χ1n) is 10.8.